The lowest BCUT2D eigenvalue weighted by molar-refractivity contribution is 0.0326. The molecule has 0 saturated heterocycles. The van der Waals surface area contributed by atoms with Gasteiger partial charge in [-0.05, 0) is 17.2 Å². The molecule has 15 heavy (non-hydrogen) atoms. The van der Waals surface area contributed by atoms with E-state index >= 15 is 0 Å². The lowest BCUT2D eigenvalue weighted by atomic mass is 10.1. The molecule has 0 fully saturated rings. The molecule has 0 bridgehead atoms. The van der Waals surface area contributed by atoms with Crippen LogP contribution in [0.4, 0.5) is 0 Å². The van der Waals surface area contributed by atoms with Crippen LogP contribution in [0.1, 0.15) is 17.2 Å². The number of nitrogens with two attached hydrogens (primary N) is 1. The number of aliphatic hydroxyl groups is 2. The Morgan fingerprint density at radius 3 is 2.60 bits per heavy atom. The van der Waals surface area contributed by atoms with Crippen molar-refractivity contribution in [2.24, 2.45) is 5.14 Å². The van der Waals surface area contributed by atoms with E-state index in [2.05, 4.69) is 0 Å². The second-order valence-corrected chi connectivity index (χ2v) is 5.12. The van der Waals surface area contributed by atoms with Crippen LogP contribution < -0.4 is 5.14 Å². The molecular formula is C9H11NO4S. The van der Waals surface area contributed by atoms with Crippen molar-refractivity contribution in [2.45, 2.75) is 23.5 Å². The number of rotatable bonds is 1. The first kappa shape index (κ1) is 10.6. The normalized spacial score (nSPS) is 25.3. The number of fused-ring (bicyclic) bond motifs is 1. The summed E-state index contributed by atoms with van der Waals surface area (Å²) >= 11 is 0. The molecule has 0 aliphatic heterocycles. The minimum Gasteiger partial charge on any atom is -0.390 e. The number of primary sulfonamides is 1. The van der Waals surface area contributed by atoms with Gasteiger partial charge in [0.15, 0.2) is 0 Å². The van der Waals surface area contributed by atoms with Gasteiger partial charge in [0.2, 0.25) is 10.0 Å². The number of hydrogen-bond acceptors (Lipinski definition) is 4. The second-order valence-electron chi connectivity index (χ2n) is 3.59. The number of benzene rings is 1. The third-order valence-electron chi connectivity index (χ3n) is 2.57. The van der Waals surface area contributed by atoms with E-state index in [9.17, 15) is 18.6 Å². The van der Waals surface area contributed by atoms with Crippen LogP contribution in [0.3, 0.4) is 0 Å². The van der Waals surface area contributed by atoms with Gasteiger partial charge >= 0.3 is 0 Å². The van der Waals surface area contributed by atoms with Gasteiger partial charge in [0.1, 0.15) is 6.10 Å². The van der Waals surface area contributed by atoms with E-state index in [0.29, 0.717) is 11.1 Å². The van der Waals surface area contributed by atoms with Crippen LogP contribution in [0.5, 0.6) is 0 Å². The topological polar surface area (TPSA) is 101 Å². The van der Waals surface area contributed by atoms with E-state index in [1.807, 2.05) is 0 Å². The lowest BCUT2D eigenvalue weighted by Crippen LogP contribution is -2.15. The molecule has 2 atom stereocenters. The van der Waals surface area contributed by atoms with Crippen LogP contribution >= 0.6 is 0 Å². The molecule has 4 N–H and O–H groups in total. The minimum absolute atomic E-state index is 0.0180. The summed E-state index contributed by atoms with van der Waals surface area (Å²) in [6.45, 7) is 0. The van der Waals surface area contributed by atoms with Crippen molar-refractivity contribution in [2.75, 3.05) is 0 Å². The molecule has 82 valence electrons. The van der Waals surface area contributed by atoms with E-state index < -0.39 is 22.2 Å². The molecular weight excluding hydrogens is 218 g/mol. The lowest BCUT2D eigenvalue weighted by Gasteiger charge is -2.07. The minimum atomic E-state index is -3.80. The monoisotopic (exact) mass is 229 g/mol. The van der Waals surface area contributed by atoms with Gasteiger partial charge in [0.05, 0.1) is 11.0 Å². The van der Waals surface area contributed by atoms with Gasteiger partial charge in [0, 0.05) is 6.42 Å². The molecule has 1 aromatic carbocycles. The van der Waals surface area contributed by atoms with Gasteiger partial charge in [-0.1, -0.05) is 12.1 Å². The Bertz CT molecular complexity index is 497. The first-order chi connectivity index (χ1) is 6.91. The fourth-order valence-electron chi connectivity index (χ4n) is 1.87. The van der Waals surface area contributed by atoms with E-state index in [1.165, 1.54) is 12.1 Å². The highest BCUT2D eigenvalue weighted by molar-refractivity contribution is 7.89. The Kier molecular flexibility index (Phi) is 2.31. The van der Waals surface area contributed by atoms with Crippen LogP contribution in [0.25, 0.3) is 0 Å². The van der Waals surface area contributed by atoms with Crippen molar-refractivity contribution < 1.29 is 18.6 Å². The quantitative estimate of drug-likeness (QED) is 0.591. The van der Waals surface area contributed by atoms with Crippen molar-refractivity contribution in [1.29, 1.82) is 0 Å². The van der Waals surface area contributed by atoms with Crippen molar-refractivity contribution in [1.82, 2.24) is 0 Å². The molecule has 0 spiro atoms. The van der Waals surface area contributed by atoms with E-state index in [0.717, 1.165) is 0 Å². The predicted molar refractivity (Wildman–Crippen MR) is 52.5 cm³/mol. The average molecular weight is 229 g/mol. The molecule has 0 amide bonds. The summed E-state index contributed by atoms with van der Waals surface area (Å²) in [5.74, 6) is 0. The highest BCUT2D eigenvalue weighted by atomic mass is 32.2. The van der Waals surface area contributed by atoms with Crippen LogP contribution in [0, 0.1) is 0 Å². The Hall–Kier alpha value is -0.950. The van der Waals surface area contributed by atoms with E-state index in [4.69, 9.17) is 5.14 Å². The molecule has 5 nitrogen and oxygen atoms in total. The van der Waals surface area contributed by atoms with Gasteiger partial charge in [-0.3, -0.25) is 0 Å². The van der Waals surface area contributed by atoms with Crippen molar-refractivity contribution in [3.05, 3.63) is 29.3 Å². The first-order valence-electron chi connectivity index (χ1n) is 4.42. The SMILES string of the molecule is NS(=O)(=O)c1cccc2c1CC(O)C2O. The molecule has 2 rings (SSSR count). The maximum Gasteiger partial charge on any atom is 0.238 e. The van der Waals surface area contributed by atoms with Crippen molar-refractivity contribution in [3.8, 4) is 0 Å². The summed E-state index contributed by atoms with van der Waals surface area (Å²) < 4.78 is 22.4. The fraction of sp³-hybridized carbons (Fsp3) is 0.333. The summed E-state index contributed by atoms with van der Waals surface area (Å²) in [5, 5.41) is 24.0. The third-order valence-corrected chi connectivity index (χ3v) is 3.57. The molecule has 1 aromatic rings. The summed E-state index contributed by atoms with van der Waals surface area (Å²) in [5.41, 5.74) is 0.856. The second kappa shape index (κ2) is 3.28. The summed E-state index contributed by atoms with van der Waals surface area (Å²) in [6, 6.07) is 4.46. The third kappa shape index (κ3) is 1.65. The predicted octanol–water partition coefficient (Wildman–Crippen LogP) is -0.716. The zero-order valence-electron chi connectivity index (χ0n) is 7.79. The highest BCUT2D eigenvalue weighted by Crippen LogP contribution is 2.34. The molecule has 0 heterocycles. The zero-order chi connectivity index (χ0) is 11.2. The molecule has 6 heteroatoms. The molecule has 0 saturated carbocycles. The summed E-state index contributed by atoms with van der Waals surface area (Å²) in [7, 11) is -3.80. The summed E-state index contributed by atoms with van der Waals surface area (Å²) in [4.78, 5) is -0.0180. The van der Waals surface area contributed by atoms with Crippen molar-refractivity contribution >= 4 is 10.0 Å². The van der Waals surface area contributed by atoms with E-state index in [1.54, 1.807) is 6.07 Å². The highest BCUT2D eigenvalue weighted by Gasteiger charge is 2.32. The van der Waals surface area contributed by atoms with Gasteiger partial charge in [-0.15, -0.1) is 0 Å². The van der Waals surface area contributed by atoms with Gasteiger partial charge < -0.3 is 10.2 Å². The maximum atomic E-state index is 11.2. The first-order valence-corrected chi connectivity index (χ1v) is 5.96. The summed E-state index contributed by atoms with van der Waals surface area (Å²) in [6.07, 6.45) is -1.87. The maximum absolute atomic E-state index is 11.2. The molecule has 0 radical (unpaired) electrons. The number of hydrogen-bond donors (Lipinski definition) is 3. The number of sulfonamides is 1. The smallest absolute Gasteiger partial charge is 0.238 e. The Morgan fingerprint density at radius 2 is 2.00 bits per heavy atom. The van der Waals surface area contributed by atoms with Crippen LogP contribution in [0.2, 0.25) is 0 Å². The molecule has 1 aliphatic rings. The fourth-order valence-corrected chi connectivity index (χ4v) is 2.69. The molecule has 0 aromatic heterocycles. The number of aliphatic hydroxyl groups excluding tert-OH is 2. The van der Waals surface area contributed by atoms with Gasteiger partial charge in [-0.25, -0.2) is 13.6 Å². The van der Waals surface area contributed by atoms with Crippen LogP contribution in [-0.2, 0) is 16.4 Å². The van der Waals surface area contributed by atoms with Gasteiger partial charge in [0.25, 0.3) is 0 Å². The average Bonchev–Trinajstić information content (AvgIpc) is 2.41. The van der Waals surface area contributed by atoms with Gasteiger partial charge in [-0.2, -0.15) is 0 Å². The molecule has 1 aliphatic carbocycles. The molecule has 2 unspecified atom stereocenters. The standard InChI is InChI=1S/C9H11NO4S/c10-15(13,14)8-3-1-2-5-6(8)4-7(11)9(5)12/h1-3,7,9,11-12H,4H2,(H2,10,13,14). The largest absolute Gasteiger partial charge is 0.390 e. The van der Waals surface area contributed by atoms with Crippen LogP contribution in [0.15, 0.2) is 23.1 Å². The van der Waals surface area contributed by atoms with Crippen LogP contribution in [-0.4, -0.2) is 24.7 Å². The van der Waals surface area contributed by atoms with E-state index in [-0.39, 0.29) is 11.3 Å². The Balaban J connectivity index is 2.65. The van der Waals surface area contributed by atoms with Crippen molar-refractivity contribution in [3.63, 3.8) is 0 Å². The zero-order valence-corrected chi connectivity index (χ0v) is 8.61. The Morgan fingerprint density at radius 1 is 1.33 bits per heavy atom. The Labute approximate surface area is 87.2 Å².